The van der Waals surface area contributed by atoms with Crippen molar-refractivity contribution in [2.75, 3.05) is 33.7 Å². The molecular formula is C14H19N3O. The summed E-state index contributed by atoms with van der Waals surface area (Å²) in [4.78, 5) is 14.0. The van der Waals surface area contributed by atoms with Crippen LogP contribution in [0.1, 0.15) is 22.3 Å². The molecule has 1 aromatic carbocycles. The number of benzene rings is 1. The fourth-order valence-electron chi connectivity index (χ4n) is 1.67. The second-order valence-corrected chi connectivity index (χ2v) is 4.31. The first-order valence-corrected chi connectivity index (χ1v) is 6.04. The van der Waals surface area contributed by atoms with Crippen LogP contribution in [0.5, 0.6) is 0 Å². The zero-order valence-electron chi connectivity index (χ0n) is 10.9. The Labute approximate surface area is 108 Å². The molecule has 0 saturated heterocycles. The van der Waals surface area contributed by atoms with Gasteiger partial charge in [-0.1, -0.05) is 12.1 Å². The van der Waals surface area contributed by atoms with E-state index in [9.17, 15) is 4.79 Å². The Morgan fingerprint density at radius 2 is 2.06 bits per heavy atom. The van der Waals surface area contributed by atoms with Gasteiger partial charge in [0.2, 0.25) is 0 Å². The number of likely N-dealkylation sites (N-methyl/N-ethyl adjacent to an activating group) is 1. The van der Waals surface area contributed by atoms with Gasteiger partial charge in [0.15, 0.2) is 5.78 Å². The minimum atomic E-state index is 0.0893. The zero-order chi connectivity index (χ0) is 13.4. The van der Waals surface area contributed by atoms with Gasteiger partial charge in [-0.05, 0) is 45.7 Å². The number of nitriles is 1. The van der Waals surface area contributed by atoms with Crippen molar-refractivity contribution in [3.63, 3.8) is 0 Å². The largest absolute Gasteiger partial charge is 0.320 e. The SMILES string of the molecule is CNCCCN(C)CC(=O)c1ccc(C#N)cc1. The molecule has 18 heavy (non-hydrogen) atoms. The molecule has 1 rings (SSSR count). The van der Waals surface area contributed by atoms with Crippen molar-refractivity contribution in [1.82, 2.24) is 10.2 Å². The lowest BCUT2D eigenvalue weighted by atomic mass is 10.1. The van der Waals surface area contributed by atoms with Crippen molar-refractivity contribution in [2.45, 2.75) is 6.42 Å². The zero-order valence-corrected chi connectivity index (χ0v) is 10.9. The summed E-state index contributed by atoms with van der Waals surface area (Å²) in [7, 11) is 3.86. The van der Waals surface area contributed by atoms with E-state index in [4.69, 9.17) is 5.26 Å². The monoisotopic (exact) mass is 245 g/mol. The van der Waals surface area contributed by atoms with Crippen LogP contribution in [-0.4, -0.2) is 44.4 Å². The van der Waals surface area contributed by atoms with Crippen LogP contribution >= 0.6 is 0 Å². The lowest BCUT2D eigenvalue weighted by molar-refractivity contribution is 0.0946. The van der Waals surface area contributed by atoms with Gasteiger partial charge in [-0.2, -0.15) is 5.26 Å². The molecule has 0 unspecified atom stereocenters. The van der Waals surface area contributed by atoms with Gasteiger partial charge in [0.05, 0.1) is 18.2 Å². The molecule has 0 saturated carbocycles. The van der Waals surface area contributed by atoms with Gasteiger partial charge in [-0.15, -0.1) is 0 Å². The summed E-state index contributed by atoms with van der Waals surface area (Å²) < 4.78 is 0. The van der Waals surface area contributed by atoms with Gasteiger partial charge in [0.1, 0.15) is 0 Å². The molecule has 1 aromatic rings. The van der Waals surface area contributed by atoms with E-state index in [0.29, 0.717) is 17.7 Å². The molecule has 0 fully saturated rings. The van der Waals surface area contributed by atoms with Crippen LogP contribution in [0.4, 0.5) is 0 Å². The predicted octanol–water partition coefficient (Wildman–Crippen LogP) is 1.28. The van der Waals surface area contributed by atoms with Crippen molar-refractivity contribution in [2.24, 2.45) is 0 Å². The Kier molecular flexibility index (Phi) is 6.06. The average Bonchev–Trinajstić information content (AvgIpc) is 2.39. The highest BCUT2D eigenvalue weighted by atomic mass is 16.1. The van der Waals surface area contributed by atoms with Gasteiger partial charge in [0, 0.05) is 5.56 Å². The van der Waals surface area contributed by atoms with Crippen molar-refractivity contribution in [3.05, 3.63) is 35.4 Å². The van der Waals surface area contributed by atoms with E-state index in [1.807, 2.05) is 25.1 Å². The maximum absolute atomic E-state index is 11.9. The van der Waals surface area contributed by atoms with Crippen LogP contribution in [-0.2, 0) is 0 Å². The molecule has 4 heteroatoms. The second kappa shape index (κ2) is 7.59. The van der Waals surface area contributed by atoms with Gasteiger partial charge in [-0.3, -0.25) is 9.69 Å². The number of ketones is 1. The van der Waals surface area contributed by atoms with Gasteiger partial charge in [-0.25, -0.2) is 0 Å². The summed E-state index contributed by atoms with van der Waals surface area (Å²) in [5, 5.41) is 11.8. The van der Waals surface area contributed by atoms with Crippen molar-refractivity contribution < 1.29 is 4.79 Å². The van der Waals surface area contributed by atoms with Crippen LogP contribution < -0.4 is 5.32 Å². The highest BCUT2D eigenvalue weighted by molar-refractivity contribution is 5.97. The molecule has 0 aliphatic carbocycles. The van der Waals surface area contributed by atoms with Crippen molar-refractivity contribution in [1.29, 1.82) is 5.26 Å². The van der Waals surface area contributed by atoms with Crippen molar-refractivity contribution in [3.8, 4) is 6.07 Å². The molecule has 0 aliphatic rings. The highest BCUT2D eigenvalue weighted by Crippen LogP contribution is 2.05. The van der Waals surface area contributed by atoms with Crippen molar-refractivity contribution >= 4 is 5.78 Å². The Balaban J connectivity index is 2.46. The van der Waals surface area contributed by atoms with Gasteiger partial charge in [0.25, 0.3) is 0 Å². The third-order valence-corrected chi connectivity index (χ3v) is 2.72. The number of hydrogen-bond acceptors (Lipinski definition) is 4. The van der Waals surface area contributed by atoms with E-state index < -0.39 is 0 Å². The lowest BCUT2D eigenvalue weighted by Gasteiger charge is -2.15. The normalized spacial score (nSPS) is 10.3. The summed E-state index contributed by atoms with van der Waals surface area (Å²) in [6.45, 7) is 2.26. The molecule has 0 spiro atoms. The summed E-state index contributed by atoms with van der Waals surface area (Å²) in [5.74, 6) is 0.0893. The second-order valence-electron chi connectivity index (χ2n) is 4.31. The van der Waals surface area contributed by atoms with E-state index in [1.165, 1.54) is 0 Å². The van der Waals surface area contributed by atoms with Gasteiger partial charge < -0.3 is 5.32 Å². The number of rotatable bonds is 7. The van der Waals surface area contributed by atoms with E-state index in [0.717, 1.165) is 19.5 Å². The Morgan fingerprint density at radius 1 is 1.39 bits per heavy atom. The molecule has 0 atom stereocenters. The number of hydrogen-bond donors (Lipinski definition) is 1. The number of nitrogens with zero attached hydrogens (tertiary/aromatic N) is 2. The fourth-order valence-corrected chi connectivity index (χ4v) is 1.67. The summed E-state index contributed by atoms with van der Waals surface area (Å²) in [6, 6.07) is 8.81. The third kappa shape index (κ3) is 4.66. The quantitative estimate of drug-likeness (QED) is 0.581. The van der Waals surface area contributed by atoms with E-state index >= 15 is 0 Å². The molecule has 0 bridgehead atoms. The smallest absolute Gasteiger partial charge is 0.176 e. The molecule has 96 valence electrons. The van der Waals surface area contributed by atoms with Crippen LogP contribution in [0.2, 0.25) is 0 Å². The summed E-state index contributed by atoms with van der Waals surface area (Å²) in [6.07, 6.45) is 1.02. The molecule has 0 amide bonds. The first kappa shape index (κ1) is 14.4. The Bertz CT molecular complexity index is 420. The summed E-state index contributed by atoms with van der Waals surface area (Å²) in [5.41, 5.74) is 1.24. The molecule has 0 radical (unpaired) electrons. The fraction of sp³-hybridized carbons (Fsp3) is 0.429. The van der Waals surface area contributed by atoms with Crippen LogP contribution in [0, 0.1) is 11.3 Å². The molecular weight excluding hydrogens is 226 g/mol. The van der Waals surface area contributed by atoms with E-state index in [-0.39, 0.29) is 5.78 Å². The standard InChI is InChI=1S/C14H19N3O/c1-16-8-3-9-17(2)11-14(18)13-6-4-12(10-15)5-7-13/h4-7,16H,3,8-9,11H2,1-2H3. The maximum atomic E-state index is 11.9. The third-order valence-electron chi connectivity index (χ3n) is 2.72. The molecule has 0 aliphatic heterocycles. The Hall–Kier alpha value is -1.70. The minimum absolute atomic E-state index is 0.0893. The molecule has 0 heterocycles. The number of nitrogens with one attached hydrogen (secondary N) is 1. The molecule has 0 aromatic heterocycles. The first-order valence-electron chi connectivity index (χ1n) is 6.04. The van der Waals surface area contributed by atoms with Crippen LogP contribution in [0.15, 0.2) is 24.3 Å². The van der Waals surface area contributed by atoms with Gasteiger partial charge >= 0.3 is 0 Å². The first-order chi connectivity index (χ1) is 8.67. The lowest BCUT2D eigenvalue weighted by Crippen LogP contribution is -2.28. The van der Waals surface area contributed by atoms with E-state index in [2.05, 4.69) is 5.32 Å². The minimum Gasteiger partial charge on any atom is -0.320 e. The average molecular weight is 245 g/mol. The predicted molar refractivity (Wildman–Crippen MR) is 71.5 cm³/mol. The van der Waals surface area contributed by atoms with Crippen LogP contribution in [0.3, 0.4) is 0 Å². The topological polar surface area (TPSA) is 56.1 Å². The number of carbonyl (C=O) groups excluding carboxylic acids is 1. The van der Waals surface area contributed by atoms with Crippen LogP contribution in [0.25, 0.3) is 0 Å². The number of carbonyl (C=O) groups is 1. The highest BCUT2D eigenvalue weighted by Gasteiger charge is 2.08. The number of Topliss-reactive ketones (excluding diaryl/α,β-unsaturated/α-hetero) is 1. The molecule has 4 nitrogen and oxygen atoms in total. The maximum Gasteiger partial charge on any atom is 0.176 e. The Morgan fingerprint density at radius 3 is 2.61 bits per heavy atom. The summed E-state index contributed by atoms with van der Waals surface area (Å²) >= 11 is 0. The molecule has 1 N–H and O–H groups in total. The van der Waals surface area contributed by atoms with E-state index in [1.54, 1.807) is 24.3 Å².